The minimum Gasteiger partial charge on any atom is -0.339 e. The van der Waals surface area contributed by atoms with Crippen molar-refractivity contribution >= 4 is 5.91 Å². The predicted molar refractivity (Wildman–Crippen MR) is 85.6 cm³/mol. The van der Waals surface area contributed by atoms with Crippen LogP contribution in [-0.4, -0.2) is 62.6 Å². The molecule has 1 aromatic heterocycles. The summed E-state index contributed by atoms with van der Waals surface area (Å²) in [6.07, 6.45) is 0.428. The highest BCUT2D eigenvalue weighted by Crippen LogP contribution is 2.24. The number of amides is 1. The molecule has 1 saturated heterocycles. The fourth-order valence-corrected chi connectivity index (χ4v) is 2.95. The molecule has 1 atom stereocenters. The molecule has 1 aliphatic heterocycles. The number of benzene rings is 1. The predicted octanol–water partition coefficient (Wildman–Crippen LogP) is 0.887. The molecule has 7 heteroatoms. The number of aromatic nitrogens is 4. The second-order valence-corrected chi connectivity index (χ2v) is 5.95. The first kappa shape index (κ1) is 15.6. The van der Waals surface area contributed by atoms with Crippen LogP contribution in [0.1, 0.15) is 23.9 Å². The fourth-order valence-electron chi connectivity index (χ4n) is 2.95. The molecule has 0 N–H and O–H groups in total. The van der Waals surface area contributed by atoms with Gasteiger partial charge in [0, 0.05) is 26.1 Å². The molecule has 23 heavy (non-hydrogen) atoms. The fraction of sp³-hybridized carbons (Fsp3) is 0.500. The number of likely N-dealkylation sites (N-methyl/N-ethyl adjacent to an activating group) is 1. The molecule has 3 rings (SSSR count). The lowest BCUT2D eigenvalue weighted by atomic mass is 10.0. The maximum Gasteiger partial charge on any atom is 0.224 e. The van der Waals surface area contributed by atoms with Crippen LogP contribution < -0.4 is 0 Å². The third-order valence-electron chi connectivity index (χ3n) is 4.43. The zero-order valence-electron chi connectivity index (χ0n) is 13.6. The molecule has 1 amide bonds. The summed E-state index contributed by atoms with van der Waals surface area (Å²) < 4.78 is 1.67. The van der Waals surface area contributed by atoms with Crippen LogP contribution in [0.2, 0.25) is 0 Å². The number of hydrogen-bond donors (Lipinski definition) is 0. The Bertz CT molecular complexity index is 656. The number of carbonyl (C=O) groups excluding carboxylic acids is 1. The zero-order chi connectivity index (χ0) is 16.2. The van der Waals surface area contributed by atoms with E-state index in [2.05, 4.69) is 39.6 Å². The Hall–Kier alpha value is -2.28. The van der Waals surface area contributed by atoms with Gasteiger partial charge in [-0.05, 0) is 30.0 Å². The molecular formula is C16H22N6O. The molecule has 0 spiro atoms. The second-order valence-electron chi connectivity index (χ2n) is 5.95. The van der Waals surface area contributed by atoms with Gasteiger partial charge in [-0.2, -0.15) is 0 Å². The van der Waals surface area contributed by atoms with E-state index in [4.69, 9.17) is 0 Å². The monoisotopic (exact) mass is 314 g/mol. The van der Waals surface area contributed by atoms with Crippen molar-refractivity contribution < 1.29 is 4.79 Å². The lowest BCUT2D eigenvalue weighted by molar-refractivity contribution is -0.134. The number of aryl methyl sites for hydroxylation is 2. The van der Waals surface area contributed by atoms with Crippen molar-refractivity contribution in [2.75, 3.05) is 26.7 Å². The van der Waals surface area contributed by atoms with Crippen LogP contribution >= 0.6 is 0 Å². The van der Waals surface area contributed by atoms with Gasteiger partial charge in [0.15, 0.2) is 0 Å². The Morgan fingerprint density at radius 1 is 1.26 bits per heavy atom. The zero-order valence-corrected chi connectivity index (χ0v) is 13.6. The standard InChI is InChI=1S/C16H22N6O/c1-13-17-18-19-22(13)9-8-16(23)21-11-10-20(2)15(12-21)14-6-4-3-5-7-14/h3-7,15H,8-12H2,1-2H3/t15-/m0/s1. The highest BCUT2D eigenvalue weighted by atomic mass is 16.2. The number of piperazine rings is 1. The first-order chi connectivity index (χ1) is 11.1. The molecule has 7 nitrogen and oxygen atoms in total. The summed E-state index contributed by atoms with van der Waals surface area (Å²) in [4.78, 5) is 16.8. The van der Waals surface area contributed by atoms with Gasteiger partial charge in [-0.25, -0.2) is 4.68 Å². The maximum atomic E-state index is 12.5. The van der Waals surface area contributed by atoms with E-state index in [0.29, 0.717) is 13.0 Å². The van der Waals surface area contributed by atoms with Gasteiger partial charge in [0.1, 0.15) is 5.82 Å². The smallest absolute Gasteiger partial charge is 0.224 e. The van der Waals surface area contributed by atoms with Crippen LogP contribution in [0, 0.1) is 6.92 Å². The summed E-state index contributed by atoms with van der Waals surface area (Å²) in [5.74, 6) is 0.896. The molecule has 1 aromatic carbocycles. The minimum absolute atomic E-state index is 0.161. The van der Waals surface area contributed by atoms with Crippen molar-refractivity contribution in [1.29, 1.82) is 0 Å². The van der Waals surface area contributed by atoms with Crippen molar-refractivity contribution in [2.45, 2.75) is 25.9 Å². The van der Waals surface area contributed by atoms with Crippen molar-refractivity contribution in [2.24, 2.45) is 0 Å². The normalized spacial score (nSPS) is 19.0. The van der Waals surface area contributed by atoms with Crippen LogP contribution in [0.3, 0.4) is 0 Å². The van der Waals surface area contributed by atoms with Gasteiger partial charge in [0.2, 0.25) is 5.91 Å². The number of nitrogens with zero attached hydrogens (tertiary/aromatic N) is 6. The van der Waals surface area contributed by atoms with Crippen LogP contribution in [-0.2, 0) is 11.3 Å². The minimum atomic E-state index is 0.161. The summed E-state index contributed by atoms with van der Waals surface area (Å²) in [6.45, 7) is 4.75. The summed E-state index contributed by atoms with van der Waals surface area (Å²) >= 11 is 0. The van der Waals surface area contributed by atoms with Gasteiger partial charge in [-0.15, -0.1) is 5.10 Å². The number of carbonyl (C=O) groups is 1. The maximum absolute atomic E-state index is 12.5. The largest absolute Gasteiger partial charge is 0.339 e. The van der Waals surface area contributed by atoms with E-state index in [1.165, 1.54) is 5.56 Å². The average molecular weight is 314 g/mol. The number of rotatable bonds is 4. The summed E-state index contributed by atoms with van der Waals surface area (Å²) in [6, 6.07) is 10.6. The molecule has 2 aromatic rings. The Labute approximate surface area is 135 Å². The summed E-state index contributed by atoms with van der Waals surface area (Å²) in [7, 11) is 2.12. The van der Waals surface area contributed by atoms with Crippen molar-refractivity contribution in [3.05, 3.63) is 41.7 Å². The molecule has 0 radical (unpaired) electrons. The van der Waals surface area contributed by atoms with Crippen LogP contribution in [0.25, 0.3) is 0 Å². The van der Waals surface area contributed by atoms with Crippen LogP contribution in [0.15, 0.2) is 30.3 Å². The molecule has 122 valence electrons. The summed E-state index contributed by atoms with van der Waals surface area (Å²) in [5, 5.41) is 11.3. The van der Waals surface area contributed by atoms with E-state index in [0.717, 1.165) is 25.5 Å². The first-order valence-electron chi connectivity index (χ1n) is 7.91. The van der Waals surface area contributed by atoms with Crippen LogP contribution in [0.5, 0.6) is 0 Å². The molecule has 0 unspecified atom stereocenters. The van der Waals surface area contributed by atoms with E-state index >= 15 is 0 Å². The molecule has 0 bridgehead atoms. The van der Waals surface area contributed by atoms with Gasteiger partial charge in [-0.3, -0.25) is 9.69 Å². The van der Waals surface area contributed by atoms with Gasteiger partial charge in [0.05, 0.1) is 12.6 Å². The first-order valence-corrected chi connectivity index (χ1v) is 7.91. The quantitative estimate of drug-likeness (QED) is 0.838. The van der Waals surface area contributed by atoms with Gasteiger partial charge < -0.3 is 4.90 Å². The van der Waals surface area contributed by atoms with Crippen LogP contribution in [0.4, 0.5) is 0 Å². The molecule has 2 heterocycles. The van der Waals surface area contributed by atoms with Gasteiger partial charge >= 0.3 is 0 Å². The van der Waals surface area contributed by atoms with E-state index in [-0.39, 0.29) is 11.9 Å². The van der Waals surface area contributed by atoms with E-state index in [9.17, 15) is 4.79 Å². The SMILES string of the molecule is Cc1nnnn1CCC(=O)N1CCN(C)[C@H](c2ccccc2)C1. The molecule has 0 saturated carbocycles. The van der Waals surface area contributed by atoms with Gasteiger partial charge in [-0.1, -0.05) is 30.3 Å². The molecule has 1 aliphatic rings. The Balaban J connectivity index is 1.61. The van der Waals surface area contributed by atoms with E-state index < -0.39 is 0 Å². The Morgan fingerprint density at radius 2 is 2.04 bits per heavy atom. The third kappa shape index (κ3) is 3.56. The van der Waals surface area contributed by atoms with Gasteiger partial charge in [0.25, 0.3) is 0 Å². The van der Waals surface area contributed by atoms with Crippen molar-refractivity contribution in [3.63, 3.8) is 0 Å². The van der Waals surface area contributed by atoms with Crippen molar-refractivity contribution in [3.8, 4) is 0 Å². The highest BCUT2D eigenvalue weighted by Gasteiger charge is 2.28. The lowest BCUT2D eigenvalue weighted by Gasteiger charge is -2.39. The summed E-state index contributed by atoms with van der Waals surface area (Å²) in [5.41, 5.74) is 1.25. The molecular weight excluding hydrogens is 292 g/mol. The molecule has 1 fully saturated rings. The molecule has 0 aliphatic carbocycles. The Kier molecular flexibility index (Phi) is 4.66. The lowest BCUT2D eigenvalue weighted by Crippen LogP contribution is -2.49. The Morgan fingerprint density at radius 3 is 2.74 bits per heavy atom. The average Bonchev–Trinajstić information content (AvgIpc) is 2.99. The van der Waals surface area contributed by atoms with E-state index in [1.807, 2.05) is 30.0 Å². The topological polar surface area (TPSA) is 67.2 Å². The number of hydrogen-bond acceptors (Lipinski definition) is 5. The number of tetrazole rings is 1. The van der Waals surface area contributed by atoms with E-state index in [1.54, 1.807) is 4.68 Å². The second kappa shape index (κ2) is 6.87. The highest BCUT2D eigenvalue weighted by molar-refractivity contribution is 5.76. The third-order valence-corrected chi connectivity index (χ3v) is 4.43. The van der Waals surface area contributed by atoms with Crippen molar-refractivity contribution in [1.82, 2.24) is 30.0 Å².